The van der Waals surface area contributed by atoms with Gasteiger partial charge in [-0.3, -0.25) is 20.4 Å². The van der Waals surface area contributed by atoms with Gasteiger partial charge in [-0.05, 0) is 11.4 Å². The maximum Gasteiger partial charge on any atom is 0.358 e. The van der Waals surface area contributed by atoms with Crippen molar-refractivity contribution in [2.45, 2.75) is 13.5 Å². The van der Waals surface area contributed by atoms with Crippen LogP contribution in [-0.2, 0) is 16.1 Å². The molecule has 0 atom stereocenters. The largest absolute Gasteiger partial charge is 0.476 e. The molecule has 2 amide bonds. The van der Waals surface area contributed by atoms with E-state index >= 15 is 0 Å². The van der Waals surface area contributed by atoms with Crippen molar-refractivity contribution in [1.82, 2.24) is 25.8 Å². The molecular formula is C11H11N5O4S. The van der Waals surface area contributed by atoms with E-state index in [9.17, 15) is 14.4 Å². The quantitative estimate of drug-likeness (QED) is 0.675. The molecule has 2 aromatic rings. The standard InChI is InChI=1S/C11H11N5O4S/c1-6(17)12-13-8(18)5-16-10(7-3-2-4-21-7)9(11(19)20)14-15-16/h2-4H,5H2,1H3,(H,12,17)(H,13,18)(H,19,20). The number of carbonyl (C=O) groups is 3. The zero-order valence-corrected chi connectivity index (χ0v) is 11.7. The third kappa shape index (κ3) is 3.42. The molecule has 110 valence electrons. The molecule has 21 heavy (non-hydrogen) atoms. The summed E-state index contributed by atoms with van der Waals surface area (Å²) in [6.07, 6.45) is 0. The number of nitrogens with one attached hydrogen (secondary N) is 2. The third-order valence-electron chi connectivity index (χ3n) is 2.36. The Labute approximate surface area is 122 Å². The van der Waals surface area contributed by atoms with Gasteiger partial charge in [-0.25, -0.2) is 9.48 Å². The van der Waals surface area contributed by atoms with Gasteiger partial charge in [0.15, 0.2) is 5.69 Å². The number of hydrogen-bond donors (Lipinski definition) is 3. The molecule has 0 saturated heterocycles. The summed E-state index contributed by atoms with van der Waals surface area (Å²) in [6.45, 7) is 0.975. The lowest BCUT2D eigenvalue weighted by molar-refractivity contribution is -0.128. The smallest absolute Gasteiger partial charge is 0.358 e. The molecular weight excluding hydrogens is 298 g/mol. The number of rotatable bonds is 4. The number of hydrogen-bond acceptors (Lipinski definition) is 6. The van der Waals surface area contributed by atoms with E-state index in [0.29, 0.717) is 4.88 Å². The van der Waals surface area contributed by atoms with Crippen LogP contribution in [0.4, 0.5) is 0 Å². The van der Waals surface area contributed by atoms with Crippen molar-refractivity contribution in [2.75, 3.05) is 0 Å². The highest BCUT2D eigenvalue weighted by molar-refractivity contribution is 7.13. The fourth-order valence-corrected chi connectivity index (χ4v) is 2.33. The predicted octanol–water partition coefficient (Wildman–Crippen LogP) is -0.128. The van der Waals surface area contributed by atoms with Gasteiger partial charge < -0.3 is 5.11 Å². The predicted molar refractivity (Wildman–Crippen MR) is 72.3 cm³/mol. The van der Waals surface area contributed by atoms with Crippen LogP contribution in [0.15, 0.2) is 17.5 Å². The van der Waals surface area contributed by atoms with Gasteiger partial charge in [0.25, 0.3) is 5.91 Å². The van der Waals surface area contributed by atoms with Gasteiger partial charge in [0, 0.05) is 6.92 Å². The maximum atomic E-state index is 11.7. The minimum atomic E-state index is -1.23. The van der Waals surface area contributed by atoms with E-state index in [4.69, 9.17) is 5.11 Å². The minimum Gasteiger partial charge on any atom is -0.476 e. The van der Waals surface area contributed by atoms with Crippen LogP contribution in [0.3, 0.4) is 0 Å². The SMILES string of the molecule is CC(=O)NNC(=O)Cn1nnc(C(=O)O)c1-c1cccs1. The highest BCUT2D eigenvalue weighted by Gasteiger charge is 2.22. The molecule has 0 aliphatic carbocycles. The molecule has 0 spiro atoms. The highest BCUT2D eigenvalue weighted by atomic mass is 32.1. The lowest BCUT2D eigenvalue weighted by Gasteiger charge is -2.07. The summed E-state index contributed by atoms with van der Waals surface area (Å²) < 4.78 is 1.17. The van der Waals surface area contributed by atoms with E-state index in [0.717, 1.165) is 0 Å². The second kappa shape index (κ2) is 6.13. The number of hydrazine groups is 1. The van der Waals surface area contributed by atoms with Crippen LogP contribution in [-0.4, -0.2) is 37.9 Å². The average molecular weight is 309 g/mol. The Morgan fingerprint density at radius 1 is 1.38 bits per heavy atom. The van der Waals surface area contributed by atoms with E-state index in [1.807, 2.05) is 0 Å². The van der Waals surface area contributed by atoms with Crippen molar-refractivity contribution in [3.63, 3.8) is 0 Å². The summed E-state index contributed by atoms with van der Waals surface area (Å²) in [5.41, 5.74) is 4.32. The van der Waals surface area contributed by atoms with Gasteiger partial charge in [0.1, 0.15) is 12.2 Å². The van der Waals surface area contributed by atoms with Crippen LogP contribution in [0.25, 0.3) is 10.6 Å². The number of amides is 2. The average Bonchev–Trinajstić information content (AvgIpc) is 3.04. The first-order valence-electron chi connectivity index (χ1n) is 5.75. The number of carboxylic acids is 1. The normalized spacial score (nSPS) is 10.1. The summed E-state index contributed by atoms with van der Waals surface area (Å²) in [5.74, 6) is -2.21. The van der Waals surface area contributed by atoms with Crippen LogP contribution < -0.4 is 10.9 Å². The summed E-state index contributed by atoms with van der Waals surface area (Å²) in [6, 6.07) is 3.46. The second-order valence-corrected chi connectivity index (χ2v) is 4.90. The molecule has 2 rings (SSSR count). The first kappa shape index (κ1) is 14.7. The van der Waals surface area contributed by atoms with Crippen LogP contribution in [0.2, 0.25) is 0 Å². The molecule has 9 nitrogen and oxygen atoms in total. The van der Waals surface area contributed by atoms with Gasteiger partial charge in [-0.2, -0.15) is 0 Å². The third-order valence-corrected chi connectivity index (χ3v) is 3.24. The molecule has 2 aromatic heterocycles. The molecule has 10 heteroatoms. The number of thiophene rings is 1. The van der Waals surface area contributed by atoms with Crippen molar-refractivity contribution >= 4 is 29.1 Å². The Bertz CT molecular complexity index is 679. The number of aromatic carboxylic acids is 1. The van der Waals surface area contributed by atoms with Crippen LogP contribution >= 0.6 is 11.3 Å². The number of carboxylic acid groups (broad SMARTS) is 1. The van der Waals surface area contributed by atoms with E-state index < -0.39 is 17.8 Å². The molecule has 0 aliphatic rings. The summed E-state index contributed by atoms with van der Waals surface area (Å²) in [4.78, 5) is 34.2. The molecule has 2 heterocycles. The van der Waals surface area contributed by atoms with Crippen molar-refractivity contribution in [2.24, 2.45) is 0 Å². The van der Waals surface area contributed by atoms with Crippen LogP contribution in [0.5, 0.6) is 0 Å². The fraction of sp³-hybridized carbons (Fsp3) is 0.182. The highest BCUT2D eigenvalue weighted by Crippen LogP contribution is 2.26. The van der Waals surface area contributed by atoms with Gasteiger partial charge >= 0.3 is 5.97 Å². The van der Waals surface area contributed by atoms with Crippen molar-refractivity contribution in [3.05, 3.63) is 23.2 Å². The molecule has 3 N–H and O–H groups in total. The number of aromatic nitrogens is 3. The van der Waals surface area contributed by atoms with E-state index in [-0.39, 0.29) is 17.9 Å². The monoisotopic (exact) mass is 309 g/mol. The number of carbonyl (C=O) groups excluding carboxylic acids is 2. The zero-order chi connectivity index (χ0) is 15.4. The van der Waals surface area contributed by atoms with Gasteiger partial charge in [-0.15, -0.1) is 16.4 Å². The van der Waals surface area contributed by atoms with Crippen molar-refractivity contribution < 1.29 is 19.5 Å². The van der Waals surface area contributed by atoms with E-state index in [2.05, 4.69) is 21.2 Å². The molecule has 0 bridgehead atoms. The molecule has 0 saturated carbocycles. The summed E-state index contributed by atoms with van der Waals surface area (Å²) >= 11 is 1.31. The van der Waals surface area contributed by atoms with Crippen LogP contribution in [0, 0.1) is 0 Å². The zero-order valence-electron chi connectivity index (χ0n) is 10.9. The maximum absolute atomic E-state index is 11.7. The Hall–Kier alpha value is -2.75. The van der Waals surface area contributed by atoms with Crippen molar-refractivity contribution in [3.8, 4) is 10.6 Å². The Morgan fingerprint density at radius 2 is 2.14 bits per heavy atom. The molecule has 0 radical (unpaired) electrons. The van der Waals surface area contributed by atoms with E-state index in [1.165, 1.54) is 22.9 Å². The second-order valence-electron chi connectivity index (χ2n) is 3.96. The van der Waals surface area contributed by atoms with Crippen LogP contribution in [0.1, 0.15) is 17.4 Å². The molecule has 0 aromatic carbocycles. The van der Waals surface area contributed by atoms with Crippen molar-refractivity contribution in [1.29, 1.82) is 0 Å². The first-order chi connectivity index (χ1) is 9.99. The molecule has 0 fully saturated rings. The van der Waals surface area contributed by atoms with E-state index in [1.54, 1.807) is 17.5 Å². The van der Waals surface area contributed by atoms with Gasteiger partial charge in [-0.1, -0.05) is 11.3 Å². The first-order valence-corrected chi connectivity index (χ1v) is 6.63. The minimum absolute atomic E-state index is 0.232. The summed E-state index contributed by atoms with van der Waals surface area (Å²) in [7, 11) is 0. The number of nitrogens with zero attached hydrogens (tertiary/aromatic N) is 3. The Kier molecular flexibility index (Phi) is 4.28. The van der Waals surface area contributed by atoms with Gasteiger partial charge in [0.05, 0.1) is 4.88 Å². The van der Waals surface area contributed by atoms with Gasteiger partial charge in [0.2, 0.25) is 5.91 Å². The lowest BCUT2D eigenvalue weighted by Crippen LogP contribution is -2.42. The summed E-state index contributed by atoms with van der Waals surface area (Å²) in [5, 5.41) is 18.1. The Balaban J connectivity index is 2.26. The molecule has 0 aliphatic heterocycles. The fourth-order valence-electron chi connectivity index (χ4n) is 1.56. The lowest BCUT2D eigenvalue weighted by atomic mass is 10.2. The Morgan fingerprint density at radius 3 is 2.71 bits per heavy atom. The topological polar surface area (TPSA) is 126 Å². The molecule has 0 unspecified atom stereocenters.